The summed E-state index contributed by atoms with van der Waals surface area (Å²) in [5.74, 6) is 1.71. The lowest BCUT2D eigenvalue weighted by molar-refractivity contribution is 0.916. The van der Waals surface area contributed by atoms with Gasteiger partial charge in [0.15, 0.2) is 0 Å². The number of hydrogen-bond donors (Lipinski definition) is 0. The predicted octanol–water partition coefficient (Wildman–Crippen LogP) is 7.50. The first-order valence-electron chi connectivity index (χ1n) is 12.5. The second-order valence-electron chi connectivity index (χ2n) is 9.13. The molecule has 0 atom stereocenters. The van der Waals surface area contributed by atoms with E-state index in [9.17, 15) is 0 Å². The van der Waals surface area contributed by atoms with Crippen molar-refractivity contribution in [1.82, 2.24) is 18.8 Å². The van der Waals surface area contributed by atoms with Crippen molar-refractivity contribution in [3.8, 4) is 22.8 Å². The molecule has 7 aromatic rings. The minimum Gasteiger partial charge on any atom is -0.299 e. The van der Waals surface area contributed by atoms with E-state index >= 15 is 0 Å². The molecule has 0 aliphatic heterocycles. The van der Waals surface area contributed by atoms with Gasteiger partial charge in [-0.15, -0.1) is 0 Å². The Morgan fingerprint density at radius 2 is 0.838 bits per heavy atom. The third-order valence-corrected chi connectivity index (χ3v) is 6.90. The Morgan fingerprint density at radius 1 is 0.432 bits per heavy atom. The van der Waals surface area contributed by atoms with Crippen LogP contribution in [-0.2, 0) is 0 Å². The Kier molecular flexibility index (Phi) is 5.14. The van der Waals surface area contributed by atoms with Gasteiger partial charge in [0.05, 0.1) is 28.3 Å². The van der Waals surface area contributed by atoms with E-state index in [1.165, 1.54) is 0 Å². The number of rotatable bonds is 5. The molecule has 3 aromatic carbocycles. The Balaban J connectivity index is 1.54. The molecule has 37 heavy (non-hydrogen) atoms. The van der Waals surface area contributed by atoms with Gasteiger partial charge in [0.1, 0.15) is 11.6 Å². The molecule has 0 radical (unpaired) electrons. The summed E-state index contributed by atoms with van der Waals surface area (Å²) in [7, 11) is 0. The van der Waals surface area contributed by atoms with E-state index in [1.54, 1.807) is 0 Å². The molecule has 0 amide bonds. The fourth-order valence-electron chi connectivity index (χ4n) is 5.22. The summed E-state index contributed by atoms with van der Waals surface area (Å²) < 4.78 is 4.38. The average Bonchev–Trinajstić information content (AvgIpc) is 3.55. The molecule has 7 rings (SSSR count). The van der Waals surface area contributed by atoms with Gasteiger partial charge in [-0.05, 0) is 29.8 Å². The van der Waals surface area contributed by atoms with E-state index < -0.39 is 0 Å². The number of pyridine rings is 2. The molecule has 0 saturated carbocycles. The molecule has 4 nitrogen and oxygen atoms in total. The molecule has 4 heteroatoms. The SMILES string of the molecule is c1ccc(-c2nc(C(c3ccccc3)c3nc(-c4ccccc4)n4ccccc34)c3ccccn23)cc1. The van der Waals surface area contributed by atoms with Gasteiger partial charge in [-0.2, -0.15) is 0 Å². The molecule has 4 heterocycles. The van der Waals surface area contributed by atoms with E-state index in [4.69, 9.17) is 9.97 Å². The number of benzene rings is 3. The predicted molar refractivity (Wildman–Crippen MR) is 149 cm³/mol. The summed E-state index contributed by atoms with van der Waals surface area (Å²) in [6.07, 6.45) is 4.19. The van der Waals surface area contributed by atoms with Crippen LogP contribution in [0.15, 0.2) is 140 Å². The molecule has 0 N–H and O–H groups in total. The Labute approximate surface area is 215 Å². The van der Waals surface area contributed by atoms with Crippen LogP contribution in [0.5, 0.6) is 0 Å². The van der Waals surface area contributed by atoms with E-state index in [0.717, 1.165) is 50.8 Å². The first-order chi connectivity index (χ1) is 18.4. The monoisotopic (exact) mass is 476 g/mol. The summed E-state index contributed by atoms with van der Waals surface area (Å²) in [5.41, 5.74) is 7.47. The molecule has 0 aliphatic rings. The Morgan fingerprint density at radius 3 is 1.30 bits per heavy atom. The van der Waals surface area contributed by atoms with Crippen molar-refractivity contribution in [2.45, 2.75) is 5.92 Å². The van der Waals surface area contributed by atoms with Crippen molar-refractivity contribution in [3.63, 3.8) is 0 Å². The second-order valence-corrected chi connectivity index (χ2v) is 9.13. The van der Waals surface area contributed by atoms with Crippen molar-refractivity contribution < 1.29 is 0 Å². The van der Waals surface area contributed by atoms with Gasteiger partial charge in [0.25, 0.3) is 0 Å². The van der Waals surface area contributed by atoms with Crippen LogP contribution in [0.1, 0.15) is 22.9 Å². The average molecular weight is 477 g/mol. The standard InChI is InChI=1S/C33H24N4/c1-4-14-24(15-5-1)29(30-27-20-10-12-22-36(27)32(34-30)25-16-6-2-7-17-25)31-28-21-11-13-23-37(28)33(35-31)26-18-8-3-9-19-26/h1-23,29H. The second kappa shape index (κ2) is 8.92. The quantitative estimate of drug-likeness (QED) is 0.258. The topological polar surface area (TPSA) is 34.6 Å². The molecule has 0 fully saturated rings. The number of nitrogens with zero attached hydrogens (tertiary/aromatic N) is 4. The molecule has 4 aromatic heterocycles. The molecule has 0 bridgehead atoms. The van der Waals surface area contributed by atoms with Gasteiger partial charge >= 0.3 is 0 Å². The minimum atomic E-state index is -0.147. The third-order valence-electron chi connectivity index (χ3n) is 6.90. The van der Waals surface area contributed by atoms with Crippen LogP contribution >= 0.6 is 0 Å². The van der Waals surface area contributed by atoms with E-state index in [2.05, 4.69) is 136 Å². The summed E-state index contributed by atoms with van der Waals surface area (Å²) in [4.78, 5) is 10.6. The fraction of sp³-hybridized carbons (Fsp3) is 0.0303. The number of hydrogen-bond acceptors (Lipinski definition) is 2. The summed E-state index contributed by atoms with van der Waals surface area (Å²) in [5, 5.41) is 0. The van der Waals surface area contributed by atoms with Crippen molar-refractivity contribution >= 4 is 11.0 Å². The van der Waals surface area contributed by atoms with Crippen LogP contribution in [0, 0.1) is 0 Å². The summed E-state index contributed by atoms with van der Waals surface area (Å²) in [6, 6.07) is 43.9. The molecular weight excluding hydrogens is 452 g/mol. The van der Waals surface area contributed by atoms with Gasteiger partial charge in [-0.3, -0.25) is 8.80 Å². The number of aromatic nitrogens is 4. The lowest BCUT2D eigenvalue weighted by Gasteiger charge is -2.15. The van der Waals surface area contributed by atoms with Crippen LogP contribution in [0.2, 0.25) is 0 Å². The largest absolute Gasteiger partial charge is 0.299 e. The maximum atomic E-state index is 5.32. The van der Waals surface area contributed by atoms with Crippen molar-refractivity contribution in [2.24, 2.45) is 0 Å². The maximum absolute atomic E-state index is 5.32. The van der Waals surface area contributed by atoms with Crippen LogP contribution in [0.4, 0.5) is 0 Å². The van der Waals surface area contributed by atoms with E-state index in [0.29, 0.717) is 0 Å². The fourth-order valence-corrected chi connectivity index (χ4v) is 5.22. The minimum absolute atomic E-state index is 0.147. The van der Waals surface area contributed by atoms with Crippen LogP contribution in [-0.4, -0.2) is 18.8 Å². The molecule has 176 valence electrons. The Hall–Kier alpha value is -4.96. The molecule has 0 saturated heterocycles. The zero-order chi connectivity index (χ0) is 24.6. The zero-order valence-corrected chi connectivity index (χ0v) is 20.1. The van der Waals surface area contributed by atoms with Crippen LogP contribution in [0.3, 0.4) is 0 Å². The number of imidazole rings is 2. The van der Waals surface area contributed by atoms with Gasteiger partial charge < -0.3 is 0 Å². The highest BCUT2D eigenvalue weighted by Crippen LogP contribution is 2.38. The van der Waals surface area contributed by atoms with Gasteiger partial charge in [0, 0.05) is 23.5 Å². The number of fused-ring (bicyclic) bond motifs is 2. The van der Waals surface area contributed by atoms with Gasteiger partial charge in [-0.1, -0.05) is 103 Å². The van der Waals surface area contributed by atoms with Crippen molar-refractivity contribution in [1.29, 1.82) is 0 Å². The van der Waals surface area contributed by atoms with E-state index in [-0.39, 0.29) is 5.92 Å². The highest BCUT2D eigenvalue weighted by atomic mass is 15.1. The lowest BCUT2D eigenvalue weighted by Crippen LogP contribution is -2.06. The zero-order valence-electron chi connectivity index (χ0n) is 20.1. The first kappa shape index (κ1) is 21.3. The third kappa shape index (κ3) is 3.62. The van der Waals surface area contributed by atoms with Crippen LogP contribution in [0.25, 0.3) is 33.8 Å². The first-order valence-corrected chi connectivity index (χ1v) is 12.5. The normalized spacial score (nSPS) is 11.5. The molecule has 0 aliphatic carbocycles. The molecule has 0 spiro atoms. The summed E-state index contributed by atoms with van der Waals surface area (Å²) in [6.45, 7) is 0. The summed E-state index contributed by atoms with van der Waals surface area (Å²) >= 11 is 0. The smallest absolute Gasteiger partial charge is 0.144 e. The maximum Gasteiger partial charge on any atom is 0.144 e. The molecule has 0 unspecified atom stereocenters. The van der Waals surface area contributed by atoms with Crippen molar-refractivity contribution in [3.05, 3.63) is 157 Å². The van der Waals surface area contributed by atoms with Crippen molar-refractivity contribution in [2.75, 3.05) is 0 Å². The molecular formula is C33H24N4. The Bertz CT molecular complexity index is 1700. The van der Waals surface area contributed by atoms with Gasteiger partial charge in [-0.25, -0.2) is 9.97 Å². The van der Waals surface area contributed by atoms with Gasteiger partial charge in [0.2, 0.25) is 0 Å². The lowest BCUT2D eigenvalue weighted by atomic mass is 9.91. The highest BCUT2D eigenvalue weighted by Gasteiger charge is 2.28. The van der Waals surface area contributed by atoms with E-state index in [1.807, 2.05) is 12.1 Å². The van der Waals surface area contributed by atoms with Crippen LogP contribution < -0.4 is 0 Å². The highest BCUT2D eigenvalue weighted by molar-refractivity contribution is 5.72.